The number of benzene rings is 2. The Labute approximate surface area is 166 Å². The van der Waals surface area contributed by atoms with Gasteiger partial charge in [-0.3, -0.25) is 4.68 Å². The van der Waals surface area contributed by atoms with Crippen LogP contribution in [0.25, 0.3) is 10.9 Å². The van der Waals surface area contributed by atoms with E-state index in [0.29, 0.717) is 22.4 Å². The number of halogens is 3. The topological polar surface area (TPSA) is 73.2 Å². The highest BCUT2D eigenvalue weighted by molar-refractivity contribution is 7.89. The molecule has 10 heteroatoms. The van der Waals surface area contributed by atoms with Crippen LogP contribution >= 0.6 is 0 Å². The van der Waals surface area contributed by atoms with E-state index in [1.54, 1.807) is 30.1 Å². The fourth-order valence-corrected chi connectivity index (χ4v) is 3.57. The predicted octanol–water partition coefficient (Wildman–Crippen LogP) is 3.26. The molecule has 0 saturated carbocycles. The van der Waals surface area contributed by atoms with E-state index < -0.39 is 21.8 Å². The summed E-state index contributed by atoms with van der Waals surface area (Å²) in [6.07, 6.45) is -2.35. The average Bonchev–Trinajstić information content (AvgIpc) is 3.04. The van der Waals surface area contributed by atoms with E-state index in [-0.39, 0.29) is 18.8 Å². The summed E-state index contributed by atoms with van der Waals surface area (Å²) in [7, 11) is -0.264. The third-order valence-corrected chi connectivity index (χ3v) is 5.78. The molecular formula is C19H20F3N3O3S. The predicted molar refractivity (Wildman–Crippen MR) is 103 cm³/mol. The second-order valence-electron chi connectivity index (χ2n) is 6.58. The summed E-state index contributed by atoms with van der Waals surface area (Å²) in [4.78, 5) is 0. The fourth-order valence-electron chi connectivity index (χ4n) is 2.87. The molecule has 0 aliphatic heterocycles. The van der Waals surface area contributed by atoms with Gasteiger partial charge in [0, 0.05) is 18.6 Å². The summed E-state index contributed by atoms with van der Waals surface area (Å²) in [6.45, 7) is 0.0815. The molecule has 0 spiro atoms. The number of aromatic nitrogens is 2. The largest absolute Gasteiger partial charge is 0.489 e. The van der Waals surface area contributed by atoms with Crippen LogP contribution in [0.3, 0.4) is 0 Å². The van der Waals surface area contributed by atoms with Crippen LogP contribution in [0.5, 0.6) is 5.75 Å². The number of rotatable bonds is 7. The normalized spacial score (nSPS) is 12.4. The number of hydrogen-bond donors (Lipinski definition) is 1. The molecule has 1 N–H and O–H groups in total. The van der Waals surface area contributed by atoms with Crippen molar-refractivity contribution in [3.05, 3.63) is 59.3 Å². The van der Waals surface area contributed by atoms with Crippen molar-refractivity contribution in [2.24, 2.45) is 7.05 Å². The molecule has 6 nitrogen and oxygen atoms in total. The summed E-state index contributed by atoms with van der Waals surface area (Å²) >= 11 is 0. The zero-order valence-corrected chi connectivity index (χ0v) is 16.6. The quantitative estimate of drug-likeness (QED) is 0.628. The molecule has 156 valence electrons. The van der Waals surface area contributed by atoms with Crippen LogP contribution in [-0.4, -0.2) is 31.0 Å². The maximum absolute atomic E-state index is 12.7. The molecule has 1 heterocycles. The minimum atomic E-state index is -4.38. The molecule has 0 bridgehead atoms. The van der Waals surface area contributed by atoms with Crippen LogP contribution in [0, 0.1) is 0 Å². The molecule has 0 saturated heterocycles. The summed E-state index contributed by atoms with van der Waals surface area (Å²) in [6, 6.07) is 8.23. The van der Waals surface area contributed by atoms with Crippen molar-refractivity contribution in [1.29, 1.82) is 0 Å². The van der Waals surface area contributed by atoms with Crippen molar-refractivity contribution < 1.29 is 26.3 Å². The van der Waals surface area contributed by atoms with E-state index >= 15 is 0 Å². The van der Waals surface area contributed by atoms with Crippen molar-refractivity contribution in [1.82, 2.24) is 14.5 Å². The van der Waals surface area contributed by atoms with Gasteiger partial charge in [0.15, 0.2) is 0 Å². The van der Waals surface area contributed by atoms with Crippen molar-refractivity contribution >= 4 is 20.9 Å². The Hall–Kier alpha value is -2.59. The van der Waals surface area contributed by atoms with E-state index in [1.807, 2.05) is 0 Å². The van der Waals surface area contributed by atoms with E-state index in [4.69, 9.17) is 4.74 Å². The molecule has 2 aromatic carbocycles. The highest BCUT2D eigenvalue weighted by atomic mass is 32.2. The van der Waals surface area contributed by atoms with Crippen molar-refractivity contribution in [2.45, 2.75) is 19.2 Å². The van der Waals surface area contributed by atoms with E-state index in [9.17, 15) is 21.6 Å². The number of sulfonamides is 1. The third kappa shape index (κ3) is 5.27. The smallest absolute Gasteiger partial charge is 0.416 e. The zero-order chi connectivity index (χ0) is 21.2. The highest BCUT2D eigenvalue weighted by Gasteiger charge is 2.29. The van der Waals surface area contributed by atoms with E-state index in [2.05, 4.69) is 9.82 Å². The summed E-state index contributed by atoms with van der Waals surface area (Å²) in [5.41, 5.74) is 1.26. The summed E-state index contributed by atoms with van der Waals surface area (Å²) in [5, 5.41) is 5.16. The van der Waals surface area contributed by atoms with Gasteiger partial charge in [-0.25, -0.2) is 13.1 Å². The average molecular weight is 427 g/mol. The SMILES string of the molecule is CNS(=O)(=O)CCc1cc(OCc2ccc(C(F)(F)F)cc2)cc2cn(C)nc12. The first kappa shape index (κ1) is 21.1. The standard InChI is InChI=1S/C19H20F3N3O3S/c1-23-29(26,27)8-7-14-9-17(10-15-11-25(2)24-18(14)15)28-12-13-3-5-16(6-4-13)19(20,21)22/h3-6,9-11,23H,7-8,12H2,1-2H3. The molecule has 0 aliphatic rings. The van der Waals surface area contributed by atoms with E-state index in [1.165, 1.54) is 19.2 Å². The second-order valence-corrected chi connectivity index (χ2v) is 8.63. The zero-order valence-electron chi connectivity index (χ0n) is 15.8. The van der Waals surface area contributed by atoms with Crippen molar-refractivity contribution in [2.75, 3.05) is 12.8 Å². The first-order valence-electron chi connectivity index (χ1n) is 8.74. The number of nitrogens with one attached hydrogen (secondary N) is 1. The van der Waals surface area contributed by atoms with Crippen LogP contribution in [0.1, 0.15) is 16.7 Å². The van der Waals surface area contributed by atoms with Crippen LogP contribution in [0.15, 0.2) is 42.6 Å². The van der Waals surface area contributed by atoms with Crippen LogP contribution in [-0.2, 0) is 36.3 Å². The Bertz CT molecular complexity index is 1110. The number of fused-ring (bicyclic) bond motifs is 1. The molecule has 0 atom stereocenters. The number of ether oxygens (including phenoxy) is 1. The Kier molecular flexibility index (Phi) is 5.85. The lowest BCUT2D eigenvalue weighted by Gasteiger charge is -2.11. The van der Waals surface area contributed by atoms with Crippen LogP contribution < -0.4 is 9.46 Å². The maximum atomic E-state index is 12.7. The Balaban J connectivity index is 1.80. The minimum Gasteiger partial charge on any atom is -0.489 e. The number of alkyl halides is 3. The number of aryl methyl sites for hydroxylation is 2. The van der Waals surface area contributed by atoms with Crippen molar-refractivity contribution in [3.63, 3.8) is 0 Å². The molecule has 0 aliphatic carbocycles. The van der Waals surface area contributed by atoms with Crippen LogP contribution in [0.4, 0.5) is 13.2 Å². The molecule has 29 heavy (non-hydrogen) atoms. The van der Waals surface area contributed by atoms with Crippen molar-refractivity contribution in [3.8, 4) is 5.75 Å². The van der Waals surface area contributed by atoms with E-state index in [0.717, 1.165) is 17.5 Å². The van der Waals surface area contributed by atoms with Gasteiger partial charge in [-0.1, -0.05) is 12.1 Å². The van der Waals surface area contributed by atoms with Gasteiger partial charge in [-0.15, -0.1) is 0 Å². The van der Waals surface area contributed by atoms with Gasteiger partial charge in [0.25, 0.3) is 0 Å². The minimum absolute atomic E-state index is 0.0815. The van der Waals surface area contributed by atoms with Crippen LogP contribution in [0.2, 0.25) is 0 Å². The maximum Gasteiger partial charge on any atom is 0.416 e. The molecule has 0 radical (unpaired) electrons. The lowest BCUT2D eigenvalue weighted by molar-refractivity contribution is -0.137. The third-order valence-electron chi connectivity index (χ3n) is 4.41. The monoisotopic (exact) mass is 427 g/mol. The summed E-state index contributed by atoms with van der Waals surface area (Å²) in [5.74, 6) is 0.389. The Morgan fingerprint density at radius 3 is 2.48 bits per heavy atom. The van der Waals surface area contributed by atoms with Gasteiger partial charge in [0.2, 0.25) is 10.0 Å². The summed E-state index contributed by atoms with van der Waals surface area (Å²) < 4.78 is 71.2. The van der Waals surface area contributed by atoms with Gasteiger partial charge >= 0.3 is 6.18 Å². The first-order chi connectivity index (χ1) is 13.6. The Morgan fingerprint density at radius 2 is 1.86 bits per heavy atom. The molecule has 3 aromatic rings. The molecular weight excluding hydrogens is 407 g/mol. The fraction of sp³-hybridized carbons (Fsp3) is 0.316. The highest BCUT2D eigenvalue weighted by Crippen LogP contribution is 2.30. The van der Waals surface area contributed by atoms with Gasteiger partial charge in [0.1, 0.15) is 12.4 Å². The Morgan fingerprint density at radius 1 is 1.17 bits per heavy atom. The molecule has 0 amide bonds. The van der Waals surface area contributed by atoms with Gasteiger partial charge in [-0.2, -0.15) is 18.3 Å². The van der Waals surface area contributed by atoms with Gasteiger partial charge < -0.3 is 4.74 Å². The lowest BCUT2D eigenvalue weighted by atomic mass is 10.1. The van der Waals surface area contributed by atoms with Gasteiger partial charge in [0.05, 0.1) is 16.8 Å². The number of hydrogen-bond acceptors (Lipinski definition) is 4. The molecule has 3 rings (SSSR count). The molecule has 0 unspecified atom stereocenters. The second kappa shape index (κ2) is 8.03. The molecule has 1 aromatic heterocycles. The number of nitrogens with zero attached hydrogens (tertiary/aromatic N) is 2. The molecule has 0 fully saturated rings. The lowest BCUT2D eigenvalue weighted by Crippen LogP contribution is -2.23. The first-order valence-corrected chi connectivity index (χ1v) is 10.4. The van der Waals surface area contributed by atoms with Gasteiger partial charge in [-0.05, 0) is 48.9 Å².